The van der Waals surface area contributed by atoms with Gasteiger partial charge in [0, 0.05) is 4.91 Å². The standard InChI is InChI=1S/C13H27N3O3Si/c1-9-7-18-10(12(17)11(9)15-16-14)8-19-20(5,6)13(2,3)4/h9-12,17H,7-8H2,1-6H3/t9?,10?,11-,12+/m1/s1. The Balaban J connectivity index is 2.67. The zero-order valence-electron chi connectivity index (χ0n) is 13.3. The summed E-state index contributed by atoms with van der Waals surface area (Å²) in [5, 5.41) is 14.1. The summed E-state index contributed by atoms with van der Waals surface area (Å²) in [4.78, 5) is 2.82. The van der Waals surface area contributed by atoms with E-state index < -0.39 is 26.6 Å². The van der Waals surface area contributed by atoms with E-state index in [9.17, 15) is 5.11 Å². The Bertz CT molecular complexity index is 378. The van der Waals surface area contributed by atoms with Crippen molar-refractivity contribution in [3.05, 3.63) is 10.4 Å². The molecule has 1 heterocycles. The van der Waals surface area contributed by atoms with Crippen molar-refractivity contribution in [1.82, 2.24) is 0 Å². The molecule has 116 valence electrons. The molecule has 4 atom stereocenters. The Morgan fingerprint density at radius 2 is 2.05 bits per heavy atom. The number of aliphatic hydroxyl groups excluding tert-OH is 1. The molecule has 7 heteroatoms. The van der Waals surface area contributed by atoms with Gasteiger partial charge in [0.1, 0.15) is 6.10 Å². The van der Waals surface area contributed by atoms with Crippen LogP contribution in [-0.4, -0.2) is 44.9 Å². The maximum Gasteiger partial charge on any atom is 0.192 e. The van der Waals surface area contributed by atoms with Gasteiger partial charge in [0.05, 0.1) is 25.4 Å². The smallest absolute Gasteiger partial charge is 0.192 e. The topological polar surface area (TPSA) is 87.5 Å². The quantitative estimate of drug-likeness (QED) is 0.374. The molecule has 6 nitrogen and oxygen atoms in total. The molecule has 0 bridgehead atoms. The number of ether oxygens (including phenoxy) is 1. The third-order valence-corrected chi connectivity index (χ3v) is 8.99. The fraction of sp³-hybridized carbons (Fsp3) is 1.00. The Labute approximate surface area is 122 Å². The van der Waals surface area contributed by atoms with Gasteiger partial charge in [-0.2, -0.15) is 0 Å². The number of aliphatic hydroxyl groups is 1. The van der Waals surface area contributed by atoms with Gasteiger partial charge in [-0.15, -0.1) is 0 Å². The van der Waals surface area contributed by atoms with Crippen LogP contribution in [0.1, 0.15) is 27.7 Å². The van der Waals surface area contributed by atoms with Crippen LogP contribution in [0.5, 0.6) is 0 Å². The second kappa shape index (κ2) is 6.45. The van der Waals surface area contributed by atoms with Crippen LogP contribution >= 0.6 is 0 Å². The number of azide groups is 1. The Kier molecular flexibility index (Phi) is 5.63. The molecule has 0 aliphatic carbocycles. The molecule has 20 heavy (non-hydrogen) atoms. The van der Waals surface area contributed by atoms with Crippen LogP contribution in [0.25, 0.3) is 10.4 Å². The Morgan fingerprint density at radius 1 is 1.45 bits per heavy atom. The van der Waals surface area contributed by atoms with Crippen LogP contribution in [0.4, 0.5) is 0 Å². The highest BCUT2D eigenvalue weighted by atomic mass is 28.4. The Morgan fingerprint density at radius 3 is 2.55 bits per heavy atom. The van der Waals surface area contributed by atoms with Gasteiger partial charge in [-0.1, -0.05) is 32.8 Å². The van der Waals surface area contributed by atoms with Gasteiger partial charge < -0.3 is 14.3 Å². The van der Waals surface area contributed by atoms with Crippen molar-refractivity contribution in [2.75, 3.05) is 13.2 Å². The first-order chi connectivity index (χ1) is 9.10. The van der Waals surface area contributed by atoms with Crippen molar-refractivity contribution in [3.8, 4) is 0 Å². The molecule has 1 aliphatic rings. The molecule has 0 spiro atoms. The first-order valence-electron chi connectivity index (χ1n) is 7.08. The summed E-state index contributed by atoms with van der Waals surface area (Å²) in [7, 11) is -1.87. The maximum atomic E-state index is 10.3. The van der Waals surface area contributed by atoms with Crippen LogP contribution in [-0.2, 0) is 9.16 Å². The van der Waals surface area contributed by atoms with Crippen molar-refractivity contribution >= 4 is 8.32 Å². The lowest BCUT2D eigenvalue weighted by molar-refractivity contribution is -0.120. The van der Waals surface area contributed by atoms with E-state index in [1.807, 2.05) is 6.92 Å². The highest BCUT2D eigenvalue weighted by Gasteiger charge is 2.41. The summed E-state index contributed by atoms with van der Waals surface area (Å²) in [5.41, 5.74) is 8.59. The van der Waals surface area contributed by atoms with E-state index in [1.165, 1.54) is 0 Å². The predicted molar refractivity (Wildman–Crippen MR) is 81.0 cm³/mol. The SMILES string of the molecule is CC1COC(CO[Si](C)(C)C(C)(C)C)[C@H](O)[C@@H]1N=[N+]=[N-]. The molecule has 0 aromatic rings. The lowest BCUT2D eigenvalue weighted by Crippen LogP contribution is -2.52. The summed E-state index contributed by atoms with van der Waals surface area (Å²) in [6.45, 7) is 13.6. The van der Waals surface area contributed by atoms with Gasteiger partial charge in [0.15, 0.2) is 8.32 Å². The minimum atomic E-state index is -1.87. The molecular formula is C13H27N3O3Si. The molecule has 1 rings (SSSR count). The molecule has 0 aromatic carbocycles. The summed E-state index contributed by atoms with van der Waals surface area (Å²) < 4.78 is 11.7. The largest absolute Gasteiger partial charge is 0.414 e. The first kappa shape index (κ1) is 17.5. The van der Waals surface area contributed by atoms with Crippen LogP contribution in [0.3, 0.4) is 0 Å². The first-order valence-corrected chi connectivity index (χ1v) is 9.99. The molecule has 1 fully saturated rings. The van der Waals surface area contributed by atoms with Crippen molar-refractivity contribution in [2.24, 2.45) is 11.0 Å². The normalized spacial score (nSPS) is 31.8. The molecule has 1 aliphatic heterocycles. The molecule has 0 aromatic heterocycles. The Hall–Kier alpha value is -0.593. The summed E-state index contributed by atoms with van der Waals surface area (Å²) >= 11 is 0. The number of nitrogens with zero attached hydrogens (tertiary/aromatic N) is 3. The molecule has 1 N–H and O–H groups in total. The van der Waals surface area contributed by atoms with Gasteiger partial charge in [0.2, 0.25) is 0 Å². The third kappa shape index (κ3) is 3.96. The van der Waals surface area contributed by atoms with Gasteiger partial charge in [-0.25, -0.2) is 0 Å². The van der Waals surface area contributed by atoms with E-state index in [0.29, 0.717) is 13.2 Å². The van der Waals surface area contributed by atoms with Crippen LogP contribution < -0.4 is 0 Å². The van der Waals surface area contributed by atoms with Gasteiger partial charge in [-0.3, -0.25) is 0 Å². The predicted octanol–water partition coefficient (Wildman–Crippen LogP) is 3.08. The van der Waals surface area contributed by atoms with E-state index in [-0.39, 0.29) is 11.0 Å². The summed E-state index contributed by atoms with van der Waals surface area (Å²) in [6, 6.07) is -0.443. The van der Waals surface area contributed by atoms with Crippen LogP contribution in [0, 0.1) is 5.92 Å². The highest BCUT2D eigenvalue weighted by Crippen LogP contribution is 2.37. The van der Waals surface area contributed by atoms with E-state index in [0.717, 1.165) is 0 Å². The maximum absolute atomic E-state index is 10.3. The molecule has 1 saturated heterocycles. The molecular weight excluding hydrogens is 274 g/mol. The van der Waals surface area contributed by atoms with Gasteiger partial charge in [-0.05, 0) is 29.6 Å². The van der Waals surface area contributed by atoms with Crippen molar-refractivity contribution in [2.45, 2.75) is 64.1 Å². The monoisotopic (exact) mass is 301 g/mol. The van der Waals surface area contributed by atoms with E-state index >= 15 is 0 Å². The molecule has 0 saturated carbocycles. The summed E-state index contributed by atoms with van der Waals surface area (Å²) in [5.74, 6) is 0.0185. The lowest BCUT2D eigenvalue weighted by Gasteiger charge is -2.41. The average molecular weight is 301 g/mol. The zero-order valence-corrected chi connectivity index (χ0v) is 14.3. The van der Waals surface area contributed by atoms with Crippen LogP contribution in [0.2, 0.25) is 18.1 Å². The second-order valence-electron chi connectivity index (χ2n) is 7.11. The van der Waals surface area contributed by atoms with Crippen molar-refractivity contribution < 1.29 is 14.3 Å². The van der Waals surface area contributed by atoms with Crippen molar-refractivity contribution in [1.29, 1.82) is 0 Å². The zero-order chi connectivity index (χ0) is 15.6. The highest BCUT2D eigenvalue weighted by molar-refractivity contribution is 6.74. The number of hydrogen-bond donors (Lipinski definition) is 1. The van der Waals surface area contributed by atoms with E-state index in [1.54, 1.807) is 0 Å². The number of rotatable bonds is 4. The molecule has 2 unspecified atom stereocenters. The number of hydrogen-bond acceptors (Lipinski definition) is 4. The lowest BCUT2D eigenvalue weighted by atomic mass is 9.92. The minimum absolute atomic E-state index is 0.0185. The van der Waals surface area contributed by atoms with Gasteiger partial charge in [0.25, 0.3) is 0 Å². The fourth-order valence-electron chi connectivity index (χ4n) is 1.92. The minimum Gasteiger partial charge on any atom is -0.414 e. The second-order valence-corrected chi connectivity index (χ2v) is 11.9. The third-order valence-electron chi connectivity index (χ3n) is 4.49. The fourth-order valence-corrected chi connectivity index (χ4v) is 2.94. The van der Waals surface area contributed by atoms with E-state index in [4.69, 9.17) is 14.7 Å². The van der Waals surface area contributed by atoms with Crippen LogP contribution in [0.15, 0.2) is 5.11 Å². The van der Waals surface area contributed by atoms with Gasteiger partial charge >= 0.3 is 0 Å². The van der Waals surface area contributed by atoms with Crippen molar-refractivity contribution in [3.63, 3.8) is 0 Å². The molecule has 0 amide bonds. The average Bonchev–Trinajstić information content (AvgIpc) is 2.32. The van der Waals surface area contributed by atoms with E-state index in [2.05, 4.69) is 43.9 Å². The molecule has 0 radical (unpaired) electrons. The summed E-state index contributed by atoms with van der Waals surface area (Å²) in [6.07, 6.45) is -1.23.